The van der Waals surface area contributed by atoms with Crippen LogP contribution in [0.25, 0.3) is 0 Å². The smallest absolute Gasteiger partial charge is 0.356 e. The van der Waals surface area contributed by atoms with Gasteiger partial charge in [0.25, 0.3) is 0 Å². The van der Waals surface area contributed by atoms with Gasteiger partial charge < -0.3 is 10.1 Å². The number of aliphatic imine (C=N–C) groups is 1. The molecule has 0 aliphatic carbocycles. The van der Waals surface area contributed by atoms with Crippen LogP contribution in [0.15, 0.2) is 28.1 Å². The first-order valence-electron chi connectivity index (χ1n) is 6.56. The number of carbonyl (C=O) groups is 2. The van der Waals surface area contributed by atoms with Crippen molar-refractivity contribution in [2.24, 2.45) is 4.99 Å². The van der Waals surface area contributed by atoms with E-state index < -0.39 is 5.97 Å². The van der Waals surface area contributed by atoms with E-state index in [0.717, 1.165) is 4.90 Å². The molecule has 0 radical (unpaired) electrons. The van der Waals surface area contributed by atoms with Crippen LogP contribution >= 0.6 is 11.8 Å². The minimum absolute atomic E-state index is 0.0464. The Morgan fingerprint density at radius 1 is 1.38 bits per heavy atom. The highest BCUT2D eigenvalue weighted by Crippen LogP contribution is 2.34. The maximum Gasteiger partial charge on any atom is 0.356 e. The van der Waals surface area contributed by atoms with Gasteiger partial charge in [0.15, 0.2) is 5.71 Å². The molecular weight excluding hydrogens is 288 g/mol. The van der Waals surface area contributed by atoms with E-state index in [1.807, 2.05) is 12.1 Å². The molecule has 1 aromatic carbocycles. The van der Waals surface area contributed by atoms with E-state index in [9.17, 15) is 9.59 Å². The average molecular weight is 306 g/mol. The second kappa shape index (κ2) is 5.89. The van der Waals surface area contributed by atoms with Crippen molar-refractivity contribution in [3.8, 4) is 0 Å². The Morgan fingerprint density at radius 2 is 2.10 bits per heavy atom. The molecule has 1 N–H and O–H groups in total. The molecule has 0 spiro atoms. The molecule has 21 heavy (non-hydrogen) atoms. The molecule has 0 aromatic heterocycles. The second-order valence-corrected chi connectivity index (χ2v) is 7.53. The average Bonchev–Trinajstić information content (AvgIpc) is 2.54. The Labute approximate surface area is 128 Å². The summed E-state index contributed by atoms with van der Waals surface area (Å²) in [7, 11) is 1.30. The predicted molar refractivity (Wildman–Crippen MR) is 84.1 cm³/mol. The van der Waals surface area contributed by atoms with Gasteiger partial charge in [-0.2, -0.15) is 0 Å². The molecule has 5 nitrogen and oxygen atoms in total. The monoisotopic (exact) mass is 306 g/mol. The molecule has 2 rings (SSSR count). The van der Waals surface area contributed by atoms with E-state index in [4.69, 9.17) is 4.74 Å². The van der Waals surface area contributed by atoms with Crippen LogP contribution in [0.2, 0.25) is 0 Å². The van der Waals surface area contributed by atoms with Gasteiger partial charge in [0, 0.05) is 15.2 Å². The molecule has 6 heteroatoms. The van der Waals surface area contributed by atoms with E-state index in [1.54, 1.807) is 17.8 Å². The van der Waals surface area contributed by atoms with E-state index >= 15 is 0 Å². The minimum Gasteiger partial charge on any atom is -0.464 e. The van der Waals surface area contributed by atoms with Crippen LogP contribution in [-0.2, 0) is 14.3 Å². The fourth-order valence-electron chi connectivity index (χ4n) is 1.94. The number of fused-ring (bicyclic) bond motifs is 1. The number of hydrogen-bond donors (Lipinski definition) is 1. The summed E-state index contributed by atoms with van der Waals surface area (Å²) in [5, 5.41) is 2.75. The van der Waals surface area contributed by atoms with Crippen LogP contribution in [0.5, 0.6) is 0 Å². The lowest BCUT2D eigenvalue weighted by Gasteiger charge is -2.18. The maximum absolute atomic E-state index is 11.9. The fourth-order valence-corrected chi connectivity index (χ4v) is 2.96. The highest BCUT2D eigenvalue weighted by molar-refractivity contribution is 8.00. The third-order valence-corrected chi connectivity index (χ3v) is 3.81. The highest BCUT2D eigenvalue weighted by atomic mass is 32.2. The zero-order chi connectivity index (χ0) is 15.6. The van der Waals surface area contributed by atoms with Crippen LogP contribution in [0.3, 0.4) is 0 Å². The predicted octanol–water partition coefficient (Wildman–Crippen LogP) is 2.49. The number of benzene rings is 1. The summed E-state index contributed by atoms with van der Waals surface area (Å²) in [5.41, 5.74) is 1.36. The van der Waals surface area contributed by atoms with Crippen molar-refractivity contribution in [2.45, 2.75) is 30.4 Å². The van der Waals surface area contributed by atoms with Gasteiger partial charge in [-0.15, -0.1) is 11.8 Å². The summed E-state index contributed by atoms with van der Waals surface area (Å²) >= 11 is 1.68. The fraction of sp³-hybridized carbons (Fsp3) is 0.400. The molecule has 0 atom stereocenters. The van der Waals surface area contributed by atoms with Crippen molar-refractivity contribution in [3.05, 3.63) is 23.8 Å². The van der Waals surface area contributed by atoms with Crippen LogP contribution in [0.4, 0.5) is 5.69 Å². The molecule has 1 aliphatic heterocycles. The number of amides is 1. The Morgan fingerprint density at radius 3 is 2.71 bits per heavy atom. The standard InChI is InChI=1S/C15H18N2O3S/c1-15(2,3)21-9-5-6-11-10(7-9)13(14(19)20-4)16-8-12(18)17-11/h5-7H,8H2,1-4H3,(H,17,18). The number of hydrogen-bond acceptors (Lipinski definition) is 5. The van der Waals surface area contributed by atoms with Crippen LogP contribution in [0.1, 0.15) is 26.3 Å². The minimum atomic E-state index is -0.536. The number of nitrogens with one attached hydrogen (secondary N) is 1. The van der Waals surface area contributed by atoms with Crippen molar-refractivity contribution >= 4 is 35.0 Å². The molecule has 1 amide bonds. The lowest BCUT2D eigenvalue weighted by molar-refractivity contribution is -0.132. The van der Waals surface area contributed by atoms with Crippen molar-refractivity contribution in [1.29, 1.82) is 0 Å². The second-order valence-electron chi connectivity index (χ2n) is 5.63. The van der Waals surface area contributed by atoms with Crippen molar-refractivity contribution < 1.29 is 14.3 Å². The van der Waals surface area contributed by atoms with Gasteiger partial charge >= 0.3 is 5.97 Å². The molecular formula is C15H18N2O3S. The number of esters is 1. The van der Waals surface area contributed by atoms with E-state index in [2.05, 4.69) is 31.1 Å². The van der Waals surface area contributed by atoms with Gasteiger partial charge in [0.1, 0.15) is 6.54 Å². The first-order valence-corrected chi connectivity index (χ1v) is 7.38. The summed E-state index contributed by atoms with van der Waals surface area (Å²) in [6.45, 7) is 6.25. The normalized spacial score (nSPS) is 14.7. The Balaban J connectivity index is 2.48. The van der Waals surface area contributed by atoms with Gasteiger partial charge in [-0.3, -0.25) is 9.79 Å². The molecule has 0 unspecified atom stereocenters. The van der Waals surface area contributed by atoms with E-state index in [0.29, 0.717) is 11.3 Å². The first kappa shape index (κ1) is 15.6. The number of thioether (sulfide) groups is 1. The maximum atomic E-state index is 11.9. The molecule has 1 heterocycles. The Kier molecular flexibility index (Phi) is 4.37. The number of rotatable bonds is 2. The Bertz CT molecular complexity index is 618. The lowest BCUT2D eigenvalue weighted by atomic mass is 10.1. The molecule has 0 bridgehead atoms. The quantitative estimate of drug-likeness (QED) is 0.673. The topological polar surface area (TPSA) is 67.8 Å². The molecule has 1 aromatic rings. The highest BCUT2D eigenvalue weighted by Gasteiger charge is 2.24. The van der Waals surface area contributed by atoms with Gasteiger partial charge in [-0.25, -0.2) is 4.79 Å². The van der Waals surface area contributed by atoms with Crippen LogP contribution in [-0.4, -0.2) is 36.0 Å². The summed E-state index contributed by atoms with van der Waals surface area (Å²) < 4.78 is 4.81. The molecule has 0 fully saturated rings. The third-order valence-electron chi connectivity index (χ3n) is 2.70. The van der Waals surface area contributed by atoms with Crippen molar-refractivity contribution in [2.75, 3.05) is 19.0 Å². The number of nitrogens with zero attached hydrogens (tertiary/aromatic N) is 1. The van der Waals surface area contributed by atoms with Crippen molar-refractivity contribution in [1.82, 2.24) is 0 Å². The van der Waals surface area contributed by atoms with Crippen LogP contribution in [0, 0.1) is 0 Å². The SMILES string of the molecule is COC(=O)C1=NCC(=O)Nc2ccc(SC(C)(C)C)cc21. The number of methoxy groups -OCH3 is 1. The summed E-state index contributed by atoms with van der Waals surface area (Å²) in [6, 6.07) is 5.59. The lowest BCUT2D eigenvalue weighted by Crippen LogP contribution is -2.18. The third kappa shape index (κ3) is 3.85. The Hall–Kier alpha value is -1.82. The van der Waals surface area contributed by atoms with E-state index in [1.165, 1.54) is 7.11 Å². The number of benzodiazepines with no additional fused rings is 1. The van der Waals surface area contributed by atoms with Crippen LogP contribution < -0.4 is 5.32 Å². The number of ether oxygens (including phenoxy) is 1. The van der Waals surface area contributed by atoms with E-state index in [-0.39, 0.29) is 22.9 Å². The largest absolute Gasteiger partial charge is 0.464 e. The molecule has 0 saturated heterocycles. The zero-order valence-corrected chi connectivity index (χ0v) is 13.3. The molecule has 1 aliphatic rings. The number of anilines is 1. The summed E-state index contributed by atoms with van der Waals surface area (Å²) in [4.78, 5) is 28.6. The van der Waals surface area contributed by atoms with Gasteiger partial charge in [0.2, 0.25) is 5.91 Å². The van der Waals surface area contributed by atoms with Gasteiger partial charge in [-0.05, 0) is 18.2 Å². The van der Waals surface area contributed by atoms with Gasteiger partial charge in [-0.1, -0.05) is 20.8 Å². The summed E-state index contributed by atoms with van der Waals surface area (Å²) in [5.74, 6) is -0.781. The first-order chi connectivity index (χ1) is 9.80. The summed E-state index contributed by atoms with van der Waals surface area (Å²) in [6.07, 6.45) is 0. The molecule has 112 valence electrons. The van der Waals surface area contributed by atoms with Crippen molar-refractivity contribution in [3.63, 3.8) is 0 Å². The van der Waals surface area contributed by atoms with Gasteiger partial charge in [0.05, 0.1) is 12.8 Å². The number of carbonyl (C=O) groups excluding carboxylic acids is 2. The molecule has 0 saturated carbocycles. The zero-order valence-electron chi connectivity index (χ0n) is 12.5.